The van der Waals surface area contributed by atoms with Crippen molar-refractivity contribution < 1.29 is 24.7 Å². The quantitative estimate of drug-likeness (QED) is 0.388. The van der Waals surface area contributed by atoms with Gasteiger partial charge in [0.1, 0.15) is 5.71 Å². The van der Waals surface area contributed by atoms with E-state index in [1.807, 2.05) is 0 Å². The number of anilines is 1. The van der Waals surface area contributed by atoms with Crippen molar-refractivity contribution in [3.63, 3.8) is 0 Å². The van der Waals surface area contributed by atoms with Gasteiger partial charge in [0.25, 0.3) is 5.69 Å². The maximum atomic E-state index is 10.8. The molecule has 0 amide bonds. The molecule has 0 radical (unpaired) electrons. The molecule has 0 atom stereocenters. The molecule has 0 aliphatic heterocycles. The largest absolute Gasteiger partial charge is 0.481 e. The molecule has 3 N–H and O–H groups in total. The van der Waals surface area contributed by atoms with E-state index in [1.165, 1.54) is 24.3 Å². The van der Waals surface area contributed by atoms with Gasteiger partial charge in [0.15, 0.2) is 0 Å². The third-order valence-electron chi connectivity index (χ3n) is 2.22. The van der Waals surface area contributed by atoms with Gasteiger partial charge in [-0.25, -0.2) is 4.79 Å². The number of carboxylic acids is 2. The summed E-state index contributed by atoms with van der Waals surface area (Å²) in [7, 11) is 0. The number of aliphatic carboxylic acids is 2. The molecule has 0 bridgehead atoms. The van der Waals surface area contributed by atoms with Gasteiger partial charge in [0, 0.05) is 18.6 Å². The summed E-state index contributed by atoms with van der Waals surface area (Å²) in [6, 6.07) is 5.18. The molecule has 0 spiro atoms. The van der Waals surface area contributed by atoms with Crippen LogP contribution in [0.4, 0.5) is 11.4 Å². The van der Waals surface area contributed by atoms with Gasteiger partial charge in [0.05, 0.1) is 17.0 Å². The summed E-state index contributed by atoms with van der Waals surface area (Å²) in [5.74, 6) is -2.46. The van der Waals surface area contributed by atoms with Gasteiger partial charge in [0.2, 0.25) is 0 Å². The molecule has 0 unspecified atom stereocenters. The summed E-state index contributed by atoms with van der Waals surface area (Å²) in [6.45, 7) is 0. The van der Waals surface area contributed by atoms with Gasteiger partial charge in [-0.1, -0.05) is 0 Å². The van der Waals surface area contributed by atoms with Crippen LogP contribution in [0.2, 0.25) is 0 Å². The van der Waals surface area contributed by atoms with Crippen molar-refractivity contribution in [2.24, 2.45) is 5.10 Å². The van der Waals surface area contributed by atoms with Gasteiger partial charge in [-0.15, -0.1) is 0 Å². The standard InChI is InChI=1S/C11H11N3O6/c15-10(16)6-5-9(11(17)18)13-12-7-1-3-8(4-2-7)14(19)20/h1-4,12H,5-6H2,(H,15,16)(H,17,18)/b13-9+. The van der Waals surface area contributed by atoms with E-state index in [0.717, 1.165) is 0 Å². The van der Waals surface area contributed by atoms with E-state index < -0.39 is 16.9 Å². The number of nitrogens with one attached hydrogen (secondary N) is 1. The molecule has 0 saturated carbocycles. The van der Waals surface area contributed by atoms with E-state index in [2.05, 4.69) is 10.5 Å². The number of nitro groups is 1. The lowest BCUT2D eigenvalue weighted by Crippen LogP contribution is -2.16. The van der Waals surface area contributed by atoms with E-state index in [1.54, 1.807) is 0 Å². The first kappa shape index (κ1) is 15.1. The topological polar surface area (TPSA) is 142 Å². The molecule has 1 aromatic rings. The molecule has 0 aliphatic carbocycles. The monoisotopic (exact) mass is 281 g/mol. The first-order chi connectivity index (χ1) is 9.40. The Hall–Kier alpha value is -2.97. The molecule has 20 heavy (non-hydrogen) atoms. The Morgan fingerprint density at radius 2 is 1.80 bits per heavy atom. The van der Waals surface area contributed by atoms with Gasteiger partial charge >= 0.3 is 11.9 Å². The van der Waals surface area contributed by atoms with Crippen molar-refractivity contribution in [1.82, 2.24) is 0 Å². The zero-order valence-electron chi connectivity index (χ0n) is 10.1. The highest BCUT2D eigenvalue weighted by Gasteiger charge is 2.12. The molecule has 0 saturated heterocycles. The maximum absolute atomic E-state index is 10.8. The highest BCUT2D eigenvalue weighted by atomic mass is 16.6. The van der Waals surface area contributed by atoms with Gasteiger partial charge in [-0.05, 0) is 12.1 Å². The second-order valence-electron chi connectivity index (χ2n) is 3.67. The smallest absolute Gasteiger partial charge is 0.352 e. The van der Waals surface area contributed by atoms with Crippen LogP contribution in [-0.2, 0) is 9.59 Å². The lowest BCUT2D eigenvalue weighted by Gasteiger charge is -2.02. The van der Waals surface area contributed by atoms with E-state index in [-0.39, 0.29) is 24.2 Å². The van der Waals surface area contributed by atoms with Crippen molar-refractivity contribution in [2.45, 2.75) is 12.8 Å². The van der Waals surface area contributed by atoms with Crippen LogP contribution in [-0.4, -0.2) is 32.8 Å². The minimum atomic E-state index is -1.33. The summed E-state index contributed by atoms with van der Waals surface area (Å²) in [5, 5.41) is 31.3. The molecule has 106 valence electrons. The summed E-state index contributed by atoms with van der Waals surface area (Å²) in [6.07, 6.45) is -0.586. The first-order valence-corrected chi connectivity index (χ1v) is 5.42. The predicted molar refractivity (Wildman–Crippen MR) is 68.7 cm³/mol. The van der Waals surface area contributed by atoms with Crippen LogP contribution in [0.1, 0.15) is 12.8 Å². The summed E-state index contributed by atoms with van der Waals surface area (Å²) in [5.41, 5.74) is 2.31. The lowest BCUT2D eigenvalue weighted by molar-refractivity contribution is -0.384. The molecular formula is C11H11N3O6. The molecule has 1 rings (SSSR count). The Morgan fingerprint density at radius 1 is 1.20 bits per heavy atom. The van der Waals surface area contributed by atoms with Crippen molar-refractivity contribution >= 4 is 29.0 Å². The second-order valence-corrected chi connectivity index (χ2v) is 3.67. The number of nitrogens with zero attached hydrogens (tertiary/aromatic N) is 2. The van der Waals surface area contributed by atoms with Crippen LogP contribution in [0, 0.1) is 10.1 Å². The van der Waals surface area contributed by atoms with Crippen LogP contribution < -0.4 is 5.43 Å². The molecule has 0 fully saturated rings. The molecule has 0 aliphatic rings. The average Bonchev–Trinajstić information content (AvgIpc) is 2.38. The number of nitro benzene ring substituents is 1. The molecule has 0 aromatic heterocycles. The summed E-state index contributed by atoms with van der Waals surface area (Å²) in [4.78, 5) is 31.1. The Morgan fingerprint density at radius 3 is 2.25 bits per heavy atom. The van der Waals surface area contributed by atoms with E-state index >= 15 is 0 Å². The Kier molecular flexibility index (Phi) is 5.15. The summed E-state index contributed by atoms with van der Waals surface area (Å²) >= 11 is 0. The number of hydrogen-bond acceptors (Lipinski definition) is 6. The van der Waals surface area contributed by atoms with Crippen LogP contribution in [0.3, 0.4) is 0 Å². The van der Waals surface area contributed by atoms with Crippen LogP contribution in [0.15, 0.2) is 29.4 Å². The number of carbonyl (C=O) groups is 2. The van der Waals surface area contributed by atoms with Crippen molar-refractivity contribution in [2.75, 3.05) is 5.43 Å². The number of rotatable bonds is 7. The minimum absolute atomic E-state index is 0.108. The number of carboxylic acid groups (broad SMARTS) is 2. The minimum Gasteiger partial charge on any atom is -0.481 e. The zero-order chi connectivity index (χ0) is 15.1. The fraction of sp³-hybridized carbons (Fsp3) is 0.182. The number of hydrogen-bond donors (Lipinski definition) is 3. The van der Waals surface area contributed by atoms with Crippen molar-refractivity contribution in [3.05, 3.63) is 34.4 Å². The third kappa shape index (κ3) is 4.72. The average molecular weight is 281 g/mol. The molecule has 9 nitrogen and oxygen atoms in total. The highest BCUT2D eigenvalue weighted by molar-refractivity contribution is 6.35. The molecule has 1 aromatic carbocycles. The van der Waals surface area contributed by atoms with Crippen LogP contribution in [0.5, 0.6) is 0 Å². The SMILES string of the molecule is O=C(O)CC/C(=N\Nc1ccc([N+](=O)[O-])cc1)C(=O)O. The van der Waals surface area contributed by atoms with Gasteiger partial charge in [-0.2, -0.15) is 5.10 Å². The Labute approximate surface area is 112 Å². The highest BCUT2D eigenvalue weighted by Crippen LogP contribution is 2.15. The van der Waals surface area contributed by atoms with E-state index in [0.29, 0.717) is 5.69 Å². The van der Waals surface area contributed by atoms with Crippen LogP contribution >= 0.6 is 0 Å². The molecule has 0 heterocycles. The molecular weight excluding hydrogens is 270 g/mol. The van der Waals surface area contributed by atoms with Crippen molar-refractivity contribution in [1.29, 1.82) is 0 Å². The predicted octanol–water partition coefficient (Wildman–Crippen LogP) is 1.31. The fourth-order valence-electron chi connectivity index (χ4n) is 1.23. The summed E-state index contributed by atoms with van der Waals surface area (Å²) < 4.78 is 0. The Bertz CT molecular complexity index is 552. The number of non-ortho nitro benzene ring substituents is 1. The third-order valence-corrected chi connectivity index (χ3v) is 2.22. The normalized spacial score (nSPS) is 10.9. The lowest BCUT2D eigenvalue weighted by atomic mass is 10.2. The van der Waals surface area contributed by atoms with Crippen molar-refractivity contribution in [3.8, 4) is 0 Å². The molecule has 9 heteroatoms. The number of hydrazone groups is 1. The maximum Gasteiger partial charge on any atom is 0.352 e. The van der Waals surface area contributed by atoms with Crippen LogP contribution in [0.25, 0.3) is 0 Å². The number of benzene rings is 1. The second kappa shape index (κ2) is 6.83. The zero-order valence-corrected chi connectivity index (χ0v) is 10.1. The Balaban J connectivity index is 2.73. The van der Waals surface area contributed by atoms with E-state index in [4.69, 9.17) is 10.2 Å². The fourth-order valence-corrected chi connectivity index (χ4v) is 1.23. The first-order valence-electron chi connectivity index (χ1n) is 5.42. The van der Waals surface area contributed by atoms with Gasteiger partial charge in [-0.3, -0.25) is 20.3 Å². The van der Waals surface area contributed by atoms with E-state index in [9.17, 15) is 19.7 Å². The van der Waals surface area contributed by atoms with Gasteiger partial charge < -0.3 is 10.2 Å².